The lowest BCUT2D eigenvalue weighted by Crippen LogP contribution is -2.71. The van der Waals surface area contributed by atoms with Gasteiger partial charge in [-0.2, -0.15) is 0 Å². The molecule has 8 N–H and O–H groups in total. The fraction of sp³-hybridized carbons (Fsp3) is 0.905. The zero-order chi connectivity index (χ0) is 39.9. The third kappa shape index (κ3) is 6.79. The highest BCUT2D eigenvalue weighted by Crippen LogP contribution is 2.76. The van der Waals surface area contributed by atoms with Crippen LogP contribution < -0.4 is 0 Å². The van der Waals surface area contributed by atoms with E-state index in [0.717, 1.165) is 25.7 Å². The van der Waals surface area contributed by atoms with Crippen molar-refractivity contribution in [1.29, 1.82) is 0 Å². The van der Waals surface area contributed by atoms with Crippen LogP contribution in [0.5, 0.6) is 0 Å². The summed E-state index contributed by atoms with van der Waals surface area (Å²) in [6.07, 6.45) is -6.05. The second kappa shape index (κ2) is 15.3. The van der Waals surface area contributed by atoms with E-state index in [4.69, 9.17) is 18.9 Å². The van der Waals surface area contributed by atoms with Gasteiger partial charge in [-0.3, -0.25) is 0 Å². The topological polar surface area (TPSA) is 199 Å². The summed E-state index contributed by atoms with van der Waals surface area (Å²) in [5.74, 6) is 0.165. The summed E-state index contributed by atoms with van der Waals surface area (Å²) >= 11 is 0. The first-order chi connectivity index (χ1) is 25.1. The minimum atomic E-state index is -1.68. The largest absolute Gasteiger partial charge is 0.394 e. The van der Waals surface area contributed by atoms with E-state index in [-0.39, 0.29) is 39.9 Å². The van der Waals surface area contributed by atoms with Crippen LogP contribution >= 0.6 is 0 Å². The van der Waals surface area contributed by atoms with Gasteiger partial charge >= 0.3 is 0 Å². The third-order valence-corrected chi connectivity index (χ3v) is 16.0. The predicted molar refractivity (Wildman–Crippen MR) is 199 cm³/mol. The minimum Gasteiger partial charge on any atom is -0.394 e. The summed E-state index contributed by atoms with van der Waals surface area (Å²) in [5, 5.41) is 88.2. The van der Waals surface area contributed by atoms with Gasteiger partial charge in [-0.15, -0.1) is 0 Å². The molecule has 0 aromatic rings. The van der Waals surface area contributed by atoms with Gasteiger partial charge in [0.15, 0.2) is 12.6 Å². The van der Waals surface area contributed by atoms with Gasteiger partial charge in [-0.05, 0) is 118 Å². The fourth-order valence-electron chi connectivity index (χ4n) is 12.9. The molecule has 0 radical (unpaired) electrons. The number of aliphatic hydroxyl groups is 8. The van der Waals surface area contributed by atoms with Crippen molar-refractivity contribution >= 4 is 0 Å². The third-order valence-electron chi connectivity index (χ3n) is 16.0. The molecule has 0 unspecified atom stereocenters. The van der Waals surface area contributed by atoms with E-state index < -0.39 is 91.7 Å². The molecule has 0 spiro atoms. The molecule has 2 aliphatic heterocycles. The van der Waals surface area contributed by atoms with Crippen LogP contribution in [0.15, 0.2) is 23.3 Å². The van der Waals surface area contributed by atoms with Crippen LogP contribution in [0.1, 0.15) is 107 Å². The first-order valence-corrected chi connectivity index (χ1v) is 20.4. The quantitative estimate of drug-likeness (QED) is 0.133. The first-order valence-electron chi connectivity index (χ1n) is 20.4. The second-order valence-corrected chi connectivity index (χ2v) is 19.6. The lowest BCUT2D eigenvalue weighted by atomic mass is 9.34. The fourth-order valence-corrected chi connectivity index (χ4v) is 12.9. The first kappa shape index (κ1) is 42.6. The van der Waals surface area contributed by atoms with Crippen molar-refractivity contribution in [2.24, 2.45) is 45.3 Å². The maximum atomic E-state index is 12.2. The van der Waals surface area contributed by atoms with Gasteiger partial charge in [0, 0.05) is 0 Å². The van der Waals surface area contributed by atoms with E-state index in [2.05, 4.69) is 67.5 Å². The number of rotatable bonds is 8. The van der Waals surface area contributed by atoms with Crippen LogP contribution in [0.25, 0.3) is 0 Å². The van der Waals surface area contributed by atoms with Crippen molar-refractivity contribution in [2.45, 2.75) is 187 Å². The molecule has 0 bridgehead atoms. The number of hydrogen-bond donors (Lipinski definition) is 8. The van der Waals surface area contributed by atoms with Gasteiger partial charge in [-0.1, -0.05) is 57.9 Å². The summed E-state index contributed by atoms with van der Waals surface area (Å²) in [5.41, 5.74) is 1.01. The Balaban J connectivity index is 1.39. The smallest absolute Gasteiger partial charge is 0.187 e. The minimum absolute atomic E-state index is 0.0381. The van der Waals surface area contributed by atoms with Crippen molar-refractivity contribution in [2.75, 3.05) is 6.61 Å². The van der Waals surface area contributed by atoms with Crippen molar-refractivity contribution in [3.8, 4) is 0 Å². The van der Waals surface area contributed by atoms with Crippen molar-refractivity contribution in [1.82, 2.24) is 0 Å². The Bertz CT molecular complexity index is 1400. The van der Waals surface area contributed by atoms with E-state index in [0.29, 0.717) is 19.3 Å². The molecule has 12 heteroatoms. The molecular weight excluding hydrogens is 696 g/mol. The van der Waals surface area contributed by atoms with Crippen LogP contribution in [-0.4, -0.2) is 127 Å². The summed E-state index contributed by atoms with van der Waals surface area (Å²) in [7, 11) is 0. The monoisotopic (exact) mass is 766 g/mol. The highest BCUT2D eigenvalue weighted by Gasteiger charge is 2.73. The Morgan fingerprint density at radius 1 is 0.759 bits per heavy atom. The molecule has 0 aromatic carbocycles. The average Bonchev–Trinajstić information content (AvgIpc) is 3.48. The van der Waals surface area contributed by atoms with Crippen LogP contribution in [0, 0.1) is 45.3 Å². The summed E-state index contributed by atoms with van der Waals surface area (Å²) in [4.78, 5) is 0. The molecule has 6 rings (SSSR count). The maximum Gasteiger partial charge on any atom is 0.187 e. The van der Waals surface area contributed by atoms with Crippen LogP contribution in [0.3, 0.4) is 0 Å². The Morgan fingerprint density at radius 3 is 2.09 bits per heavy atom. The highest BCUT2D eigenvalue weighted by molar-refractivity contribution is 5.24. The van der Waals surface area contributed by atoms with E-state index in [1.807, 2.05) is 0 Å². The molecule has 310 valence electrons. The molecule has 2 saturated heterocycles. The summed E-state index contributed by atoms with van der Waals surface area (Å²) in [6, 6.07) is 0. The molecular formula is C42H70O12. The number of ether oxygens (including phenoxy) is 4. The SMILES string of the molecule is CC(C)=CC/C=C(/C)[C@H]1CC[C@]2(C)[C@@H]1[C@H](O)C[C@@H]1[C@@]3(C)CC[C@H](O)C(C)(C)[C@@H]3[C@@H](O[C@@H]3O[C@H](CO)[C@@H](O)[C@H](O)[C@H]3O[C@H]3O[C@H](C)[C@@H](O)[C@H](O)[C@@H]3O)C[C@]12C. The molecule has 54 heavy (non-hydrogen) atoms. The van der Waals surface area contributed by atoms with Gasteiger partial charge in [0.2, 0.25) is 0 Å². The molecule has 4 aliphatic carbocycles. The average molecular weight is 767 g/mol. The highest BCUT2D eigenvalue weighted by atomic mass is 16.8. The van der Waals surface area contributed by atoms with Gasteiger partial charge in [-0.25, -0.2) is 0 Å². The lowest BCUT2D eigenvalue weighted by Gasteiger charge is -2.72. The van der Waals surface area contributed by atoms with Crippen molar-refractivity contribution in [3.63, 3.8) is 0 Å². The number of allylic oxidation sites excluding steroid dienone is 4. The molecule has 2 heterocycles. The van der Waals surface area contributed by atoms with Crippen LogP contribution in [0.2, 0.25) is 0 Å². The Hall–Kier alpha value is -1.00. The van der Waals surface area contributed by atoms with Crippen molar-refractivity contribution < 1.29 is 59.8 Å². The molecule has 20 atom stereocenters. The van der Waals surface area contributed by atoms with Gasteiger partial charge < -0.3 is 59.8 Å². The maximum absolute atomic E-state index is 12.2. The summed E-state index contributed by atoms with van der Waals surface area (Å²) < 4.78 is 25.2. The molecule has 12 nitrogen and oxygen atoms in total. The molecule has 4 saturated carbocycles. The predicted octanol–water partition coefficient (Wildman–Crippen LogP) is 2.95. The van der Waals surface area contributed by atoms with Gasteiger partial charge in [0.05, 0.1) is 31.0 Å². The number of hydrogen-bond acceptors (Lipinski definition) is 12. The second-order valence-electron chi connectivity index (χ2n) is 19.6. The zero-order valence-corrected chi connectivity index (χ0v) is 33.8. The summed E-state index contributed by atoms with van der Waals surface area (Å²) in [6.45, 7) is 18.5. The Labute approximate surface area is 321 Å². The Kier molecular flexibility index (Phi) is 12.1. The van der Waals surface area contributed by atoms with E-state index in [1.54, 1.807) is 0 Å². The lowest BCUT2D eigenvalue weighted by molar-refractivity contribution is -0.381. The van der Waals surface area contributed by atoms with Gasteiger partial charge in [0.25, 0.3) is 0 Å². The van der Waals surface area contributed by atoms with Crippen LogP contribution in [0.4, 0.5) is 0 Å². The molecule has 0 amide bonds. The van der Waals surface area contributed by atoms with E-state index >= 15 is 0 Å². The number of fused-ring (bicyclic) bond motifs is 5. The number of aliphatic hydroxyl groups excluding tert-OH is 8. The molecule has 0 aromatic heterocycles. The molecule has 6 aliphatic rings. The van der Waals surface area contributed by atoms with E-state index in [9.17, 15) is 40.9 Å². The van der Waals surface area contributed by atoms with Gasteiger partial charge in [0.1, 0.15) is 42.7 Å². The standard InChI is InChI=1S/C42H70O12/c1-20(2)11-10-12-21(3)23-13-16-41(8)29(23)24(44)17-27-40(7)15-14-28(45)39(5,6)36(40)25(18-42(27,41)9)52-38-35(33(49)31(47)26(19-43)53-38)54-37-34(50)32(48)30(46)22(4)51-37/h11-12,22-38,43-50H,10,13-19H2,1-9H3/b21-12-/t22-,23-,24-,25+,26-,27-,28+,29+,30-,31-,32+,33+,34+,35-,36+,37-,38-,40-,41-,42-/m1/s1. The molecule has 6 fully saturated rings. The Morgan fingerprint density at radius 2 is 1.44 bits per heavy atom. The van der Waals surface area contributed by atoms with E-state index in [1.165, 1.54) is 18.1 Å². The normalized spacial score (nSPS) is 53.3. The zero-order valence-electron chi connectivity index (χ0n) is 33.8. The van der Waals surface area contributed by atoms with Crippen molar-refractivity contribution in [3.05, 3.63) is 23.3 Å². The van der Waals surface area contributed by atoms with Crippen LogP contribution in [-0.2, 0) is 18.9 Å².